The van der Waals surface area contributed by atoms with Gasteiger partial charge in [-0.2, -0.15) is 0 Å². The molecule has 17 heavy (non-hydrogen) atoms. The lowest BCUT2D eigenvalue weighted by Gasteiger charge is -2.19. The van der Waals surface area contributed by atoms with E-state index in [2.05, 4.69) is 4.98 Å². The van der Waals surface area contributed by atoms with Gasteiger partial charge in [0.25, 0.3) is 5.56 Å². The molecule has 0 bridgehead atoms. The second-order valence-corrected chi connectivity index (χ2v) is 4.72. The molecule has 0 aliphatic heterocycles. The Morgan fingerprint density at radius 3 is 2.35 bits per heavy atom. The second kappa shape index (κ2) is 4.77. The zero-order chi connectivity index (χ0) is 12.4. The van der Waals surface area contributed by atoms with E-state index in [9.17, 15) is 14.7 Å². The van der Waals surface area contributed by atoms with E-state index in [1.807, 2.05) is 0 Å². The van der Waals surface area contributed by atoms with E-state index in [0.29, 0.717) is 0 Å². The van der Waals surface area contributed by atoms with Gasteiger partial charge in [0.15, 0.2) is 0 Å². The zero-order valence-electron chi connectivity index (χ0n) is 10.0. The predicted molar refractivity (Wildman–Crippen MR) is 64.5 cm³/mol. The highest BCUT2D eigenvalue weighted by atomic mass is 16.3. The van der Waals surface area contributed by atoms with Gasteiger partial charge in [0.2, 0.25) is 5.88 Å². The zero-order valence-corrected chi connectivity index (χ0v) is 10.0. The smallest absolute Gasteiger partial charge is 0.331 e. The van der Waals surface area contributed by atoms with Crippen LogP contribution in [-0.4, -0.2) is 14.7 Å². The Balaban J connectivity index is 2.47. The van der Waals surface area contributed by atoms with Gasteiger partial charge in [-0.1, -0.05) is 25.7 Å². The Morgan fingerprint density at radius 1 is 1.18 bits per heavy atom. The number of nitrogens with zero attached hydrogens (tertiary/aromatic N) is 1. The SMILES string of the molecule is Cc1c(O)n(C2CCCCCC2)c(=O)[nH]c1=O. The van der Waals surface area contributed by atoms with E-state index < -0.39 is 11.2 Å². The number of hydrogen-bond donors (Lipinski definition) is 2. The molecule has 0 amide bonds. The molecule has 0 spiro atoms. The number of H-pyrrole nitrogens is 1. The lowest BCUT2D eigenvalue weighted by atomic mass is 10.1. The molecule has 1 heterocycles. The molecule has 1 aromatic heterocycles. The number of hydrogen-bond acceptors (Lipinski definition) is 3. The molecule has 2 rings (SSSR count). The molecule has 0 saturated heterocycles. The minimum absolute atomic E-state index is 0.0144. The fourth-order valence-electron chi connectivity index (χ4n) is 2.48. The summed E-state index contributed by atoms with van der Waals surface area (Å²) in [6.07, 6.45) is 6.25. The van der Waals surface area contributed by atoms with Gasteiger partial charge in [-0.3, -0.25) is 14.3 Å². The van der Waals surface area contributed by atoms with Crippen molar-refractivity contribution in [1.82, 2.24) is 9.55 Å². The van der Waals surface area contributed by atoms with Crippen LogP contribution in [0.3, 0.4) is 0 Å². The fraction of sp³-hybridized carbons (Fsp3) is 0.667. The minimum atomic E-state index is -0.502. The first-order valence-electron chi connectivity index (χ1n) is 6.15. The van der Waals surface area contributed by atoms with Gasteiger partial charge in [0, 0.05) is 6.04 Å². The number of aromatic amines is 1. The molecule has 1 fully saturated rings. The Labute approximate surface area is 99.1 Å². The minimum Gasteiger partial charge on any atom is -0.494 e. The van der Waals surface area contributed by atoms with E-state index in [1.165, 1.54) is 24.3 Å². The largest absolute Gasteiger partial charge is 0.494 e. The molecule has 94 valence electrons. The van der Waals surface area contributed by atoms with Gasteiger partial charge in [-0.15, -0.1) is 0 Å². The fourth-order valence-corrected chi connectivity index (χ4v) is 2.48. The van der Waals surface area contributed by atoms with E-state index in [0.717, 1.165) is 25.7 Å². The van der Waals surface area contributed by atoms with Crippen LogP contribution in [0.2, 0.25) is 0 Å². The molecule has 1 saturated carbocycles. The summed E-state index contributed by atoms with van der Waals surface area (Å²) in [5.41, 5.74) is -0.781. The van der Waals surface area contributed by atoms with Crippen LogP contribution in [-0.2, 0) is 0 Å². The molecule has 5 heteroatoms. The van der Waals surface area contributed by atoms with E-state index in [4.69, 9.17) is 0 Å². The van der Waals surface area contributed by atoms with E-state index in [1.54, 1.807) is 0 Å². The summed E-state index contributed by atoms with van der Waals surface area (Å²) >= 11 is 0. The summed E-state index contributed by atoms with van der Waals surface area (Å²) in [5, 5.41) is 9.95. The molecule has 0 unspecified atom stereocenters. The van der Waals surface area contributed by atoms with Crippen LogP contribution >= 0.6 is 0 Å². The molecule has 1 aromatic rings. The Bertz CT molecular complexity index is 507. The van der Waals surface area contributed by atoms with Crippen LogP contribution in [0.1, 0.15) is 50.1 Å². The maximum atomic E-state index is 11.8. The van der Waals surface area contributed by atoms with E-state index in [-0.39, 0.29) is 17.5 Å². The van der Waals surface area contributed by atoms with Crippen molar-refractivity contribution < 1.29 is 5.11 Å². The van der Waals surface area contributed by atoms with Crippen LogP contribution < -0.4 is 11.2 Å². The maximum Gasteiger partial charge on any atom is 0.331 e. The number of nitrogens with one attached hydrogen (secondary N) is 1. The van der Waals surface area contributed by atoms with Crippen LogP contribution in [0.5, 0.6) is 5.88 Å². The third kappa shape index (κ3) is 2.28. The van der Waals surface area contributed by atoms with Crippen molar-refractivity contribution in [1.29, 1.82) is 0 Å². The first-order chi connectivity index (χ1) is 8.11. The predicted octanol–water partition coefficient (Wildman–Crippen LogP) is 1.45. The van der Waals surface area contributed by atoms with Gasteiger partial charge in [-0.05, 0) is 19.8 Å². The number of aromatic hydroxyl groups is 1. The normalized spacial score (nSPS) is 17.9. The second-order valence-electron chi connectivity index (χ2n) is 4.72. The van der Waals surface area contributed by atoms with Crippen LogP contribution in [0.25, 0.3) is 0 Å². The molecule has 1 aliphatic rings. The van der Waals surface area contributed by atoms with Gasteiger partial charge in [0.05, 0.1) is 5.56 Å². The Kier molecular flexibility index (Phi) is 3.36. The highest BCUT2D eigenvalue weighted by molar-refractivity contribution is 5.21. The third-order valence-electron chi connectivity index (χ3n) is 3.53. The van der Waals surface area contributed by atoms with Crippen molar-refractivity contribution in [3.63, 3.8) is 0 Å². The van der Waals surface area contributed by atoms with E-state index >= 15 is 0 Å². The van der Waals surface area contributed by atoms with Gasteiger partial charge >= 0.3 is 5.69 Å². The molecule has 0 atom stereocenters. The van der Waals surface area contributed by atoms with Crippen molar-refractivity contribution in [3.05, 3.63) is 26.4 Å². The highest BCUT2D eigenvalue weighted by Gasteiger charge is 2.20. The third-order valence-corrected chi connectivity index (χ3v) is 3.53. The average Bonchev–Trinajstić information content (AvgIpc) is 2.55. The summed E-state index contributed by atoms with van der Waals surface area (Å²) in [6, 6.07) is 0.0144. The molecule has 1 aliphatic carbocycles. The van der Waals surface area contributed by atoms with Crippen molar-refractivity contribution in [2.45, 2.75) is 51.5 Å². The van der Waals surface area contributed by atoms with Crippen molar-refractivity contribution in [3.8, 4) is 5.88 Å². The quantitative estimate of drug-likeness (QED) is 0.727. The lowest BCUT2D eigenvalue weighted by molar-refractivity contribution is 0.336. The molecule has 0 aromatic carbocycles. The molecular weight excluding hydrogens is 220 g/mol. The van der Waals surface area contributed by atoms with Gasteiger partial charge in [-0.25, -0.2) is 4.79 Å². The van der Waals surface area contributed by atoms with Crippen LogP contribution in [0.15, 0.2) is 9.59 Å². The summed E-state index contributed by atoms with van der Waals surface area (Å²) in [6.45, 7) is 1.53. The molecule has 0 radical (unpaired) electrons. The topological polar surface area (TPSA) is 75.1 Å². The first kappa shape index (κ1) is 12.0. The standard InChI is InChI=1S/C12H18N2O3/c1-8-10(15)13-12(17)14(11(8)16)9-6-4-2-3-5-7-9/h9,16H,2-7H2,1H3,(H,13,15,17). The van der Waals surface area contributed by atoms with Crippen LogP contribution in [0, 0.1) is 6.92 Å². The molecule has 5 nitrogen and oxygen atoms in total. The van der Waals surface area contributed by atoms with Crippen molar-refractivity contribution >= 4 is 0 Å². The summed E-state index contributed by atoms with van der Waals surface area (Å²) < 4.78 is 1.35. The number of rotatable bonds is 1. The average molecular weight is 238 g/mol. The monoisotopic (exact) mass is 238 g/mol. The molecule has 2 N–H and O–H groups in total. The van der Waals surface area contributed by atoms with Crippen molar-refractivity contribution in [2.75, 3.05) is 0 Å². The number of aromatic nitrogens is 2. The lowest BCUT2D eigenvalue weighted by Crippen LogP contribution is -2.33. The molecular formula is C12H18N2O3. The highest BCUT2D eigenvalue weighted by Crippen LogP contribution is 2.28. The van der Waals surface area contributed by atoms with Gasteiger partial charge < -0.3 is 5.11 Å². The van der Waals surface area contributed by atoms with Gasteiger partial charge in [0.1, 0.15) is 0 Å². The summed E-state index contributed by atoms with van der Waals surface area (Å²) in [7, 11) is 0. The maximum absolute atomic E-state index is 11.8. The summed E-state index contributed by atoms with van der Waals surface area (Å²) in [5.74, 6) is -0.175. The Hall–Kier alpha value is -1.52. The summed E-state index contributed by atoms with van der Waals surface area (Å²) in [4.78, 5) is 25.4. The van der Waals surface area contributed by atoms with Crippen molar-refractivity contribution in [2.24, 2.45) is 0 Å². The Morgan fingerprint density at radius 2 is 1.76 bits per heavy atom. The van der Waals surface area contributed by atoms with Crippen LogP contribution in [0.4, 0.5) is 0 Å². The first-order valence-corrected chi connectivity index (χ1v) is 6.15.